The molecule has 3 rings (SSSR count). The summed E-state index contributed by atoms with van der Waals surface area (Å²) in [6, 6.07) is 10.0. The third-order valence-electron chi connectivity index (χ3n) is 5.24. The largest absolute Gasteiger partial charge is 0.378 e. The number of anilines is 3. The summed E-state index contributed by atoms with van der Waals surface area (Å²) in [6.45, 7) is 5.97. The molecule has 10 nitrogen and oxygen atoms in total. The normalized spacial score (nSPS) is 15.2. The van der Waals surface area contributed by atoms with Gasteiger partial charge in [-0.05, 0) is 43.7 Å². The van der Waals surface area contributed by atoms with E-state index < -0.39 is 26.9 Å². The lowest BCUT2D eigenvalue weighted by Gasteiger charge is -2.30. The summed E-state index contributed by atoms with van der Waals surface area (Å²) < 4.78 is 31.3. The second-order valence-corrected chi connectivity index (χ2v) is 9.46. The first-order valence-electron chi connectivity index (χ1n) is 10.1. The van der Waals surface area contributed by atoms with Gasteiger partial charge in [-0.15, -0.1) is 0 Å². The van der Waals surface area contributed by atoms with Crippen molar-refractivity contribution in [2.24, 2.45) is 0 Å². The van der Waals surface area contributed by atoms with Crippen molar-refractivity contribution >= 4 is 38.7 Å². The number of nitrogens with one attached hydrogen (secondary N) is 1. The van der Waals surface area contributed by atoms with Crippen molar-refractivity contribution in [2.45, 2.75) is 19.9 Å². The minimum Gasteiger partial charge on any atom is -0.378 e. The monoisotopic (exact) mass is 462 g/mol. The number of aryl methyl sites for hydroxylation is 1. The molecule has 1 aliphatic rings. The van der Waals surface area contributed by atoms with Crippen LogP contribution in [0.5, 0.6) is 0 Å². The van der Waals surface area contributed by atoms with Crippen LogP contribution in [-0.4, -0.2) is 57.8 Å². The molecule has 0 bridgehead atoms. The van der Waals surface area contributed by atoms with Crippen LogP contribution in [0.1, 0.15) is 12.5 Å². The Balaban J connectivity index is 1.81. The van der Waals surface area contributed by atoms with Crippen molar-refractivity contribution in [3.8, 4) is 0 Å². The zero-order valence-electron chi connectivity index (χ0n) is 18.1. The Kier molecular flexibility index (Phi) is 6.99. The SMILES string of the molecule is Cc1ccc([N+](=O)[O-])cc1N(C(C)C(=O)Nc1ccc(N2CCOCC2)cc1)S(C)(=O)=O. The number of hydrogen-bond acceptors (Lipinski definition) is 7. The molecule has 2 aromatic rings. The van der Waals surface area contributed by atoms with Crippen molar-refractivity contribution in [1.82, 2.24) is 0 Å². The number of nitro groups is 1. The van der Waals surface area contributed by atoms with E-state index in [1.165, 1.54) is 19.1 Å². The molecular formula is C21H26N4O6S. The number of non-ortho nitro benzene ring substituents is 1. The fourth-order valence-electron chi connectivity index (χ4n) is 3.55. The summed E-state index contributed by atoms with van der Waals surface area (Å²) in [6.07, 6.45) is 0.964. The van der Waals surface area contributed by atoms with Crippen LogP contribution in [0.25, 0.3) is 0 Å². The van der Waals surface area contributed by atoms with E-state index in [4.69, 9.17) is 4.74 Å². The Morgan fingerprint density at radius 2 is 1.81 bits per heavy atom. The summed E-state index contributed by atoms with van der Waals surface area (Å²) in [7, 11) is -3.91. The van der Waals surface area contributed by atoms with Crippen molar-refractivity contribution in [2.75, 3.05) is 47.1 Å². The Bertz CT molecular complexity index is 1100. The second-order valence-electron chi connectivity index (χ2n) is 7.60. The number of benzene rings is 2. The quantitative estimate of drug-likeness (QED) is 0.495. The van der Waals surface area contributed by atoms with Gasteiger partial charge < -0.3 is 15.0 Å². The van der Waals surface area contributed by atoms with Gasteiger partial charge in [-0.2, -0.15) is 0 Å². The number of morpholine rings is 1. The van der Waals surface area contributed by atoms with Crippen LogP contribution in [0.3, 0.4) is 0 Å². The molecule has 1 heterocycles. The predicted molar refractivity (Wildman–Crippen MR) is 123 cm³/mol. The van der Waals surface area contributed by atoms with E-state index in [0.29, 0.717) is 24.5 Å². The van der Waals surface area contributed by atoms with Gasteiger partial charge in [0, 0.05) is 36.6 Å². The van der Waals surface area contributed by atoms with E-state index in [2.05, 4.69) is 10.2 Å². The number of hydrogen-bond donors (Lipinski definition) is 1. The number of ether oxygens (including phenoxy) is 1. The molecule has 0 saturated carbocycles. The van der Waals surface area contributed by atoms with E-state index in [0.717, 1.165) is 35.4 Å². The Morgan fingerprint density at radius 1 is 1.19 bits per heavy atom. The fourth-order valence-corrected chi connectivity index (χ4v) is 4.78. The van der Waals surface area contributed by atoms with E-state index in [1.54, 1.807) is 19.1 Å². The summed E-state index contributed by atoms with van der Waals surface area (Å²) in [5, 5.41) is 13.9. The summed E-state index contributed by atoms with van der Waals surface area (Å²) in [5.41, 5.74) is 1.85. The molecule has 1 saturated heterocycles. The third-order valence-corrected chi connectivity index (χ3v) is 6.47. The first-order chi connectivity index (χ1) is 15.1. The molecule has 172 valence electrons. The number of amides is 1. The number of rotatable bonds is 7. The van der Waals surface area contributed by atoms with E-state index in [1.807, 2.05) is 12.1 Å². The maximum absolute atomic E-state index is 12.9. The summed E-state index contributed by atoms with van der Waals surface area (Å²) in [5.74, 6) is -0.555. The van der Waals surface area contributed by atoms with Crippen LogP contribution < -0.4 is 14.5 Å². The van der Waals surface area contributed by atoms with Crippen LogP contribution in [-0.2, 0) is 19.6 Å². The molecule has 1 fully saturated rings. The van der Waals surface area contributed by atoms with Crippen LogP contribution in [0.15, 0.2) is 42.5 Å². The molecule has 0 aliphatic carbocycles. The molecular weight excluding hydrogens is 436 g/mol. The van der Waals surface area contributed by atoms with Gasteiger partial charge in [0.2, 0.25) is 15.9 Å². The van der Waals surface area contributed by atoms with Crippen molar-refractivity contribution < 1.29 is 22.9 Å². The molecule has 0 spiro atoms. The van der Waals surface area contributed by atoms with Crippen LogP contribution in [0, 0.1) is 17.0 Å². The Hall–Kier alpha value is -3.18. The molecule has 1 N–H and O–H groups in total. The smallest absolute Gasteiger partial charge is 0.271 e. The highest BCUT2D eigenvalue weighted by Crippen LogP contribution is 2.29. The number of carbonyl (C=O) groups excluding carboxylic acids is 1. The van der Waals surface area contributed by atoms with Gasteiger partial charge in [0.1, 0.15) is 6.04 Å². The minimum absolute atomic E-state index is 0.0898. The zero-order chi connectivity index (χ0) is 23.5. The van der Waals surface area contributed by atoms with Gasteiger partial charge in [0.05, 0.1) is 30.1 Å². The zero-order valence-corrected chi connectivity index (χ0v) is 19.0. The molecule has 1 unspecified atom stereocenters. The highest BCUT2D eigenvalue weighted by atomic mass is 32.2. The fraction of sp³-hybridized carbons (Fsp3) is 0.381. The van der Waals surface area contributed by atoms with E-state index in [9.17, 15) is 23.3 Å². The van der Waals surface area contributed by atoms with Crippen LogP contribution >= 0.6 is 0 Å². The maximum atomic E-state index is 12.9. The lowest BCUT2D eigenvalue weighted by Crippen LogP contribution is -2.45. The van der Waals surface area contributed by atoms with Gasteiger partial charge >= 0.3 is 0 Å². The minimum atomic E-state index is -3.91. The van der Waals surface area contributed by atoms with Crippen LogP contribution in [0.4, 0.5) is 22.7 Å². The average Bonchev–Trinajstić information content (AvgIpc) is 2.75. The topological polar surface area (TPSA) is 122 Å². The number of nitrogens with zero attached hydrogens (tertiary/aromatic N) is 3. The lowest BCUT2D eigenvalue weighted by molar-refractivity contribution is -0.384. The molecule has 11 heteroatoms. The first-order valence-corrected chi connectivity index (χ1v) is 11.9. The van der Waals surface area contributed by atoms with Gasteiger partial charge in [-0.25, -0.2) is 8.42 Å². The maximum Gasteiger partial charge on any atom is 0.271 e. The number of sulfonamides is 1. The molecule has 1 atom stereocenters. The van der Waals surface area contributed by atoms with Crippen molar-refractivity contribution in [3.63, 3.8) is 0 Å². The highest BCUT2D eigenvalue weighted by Gasteiger charge is 2.31. The molecule has 32 heavy (non-hydrogen) atoms. The Labute approximate surface area is 187 Å². The average molecular weight is 463 g/mol. The van der Waals surface area contributed by atoms with Crippen molar-refractivity contribution in [3.05, 3.63) is 58.1 Å². The lowest BCUT2D eigenvalue weighted by atomic mass is 10.1. The second kappa shape index (κ2) is 9.53. The van der Waals surface area contributed by atoms with Gasteiger partial charge in [-0.1, -0.05) is 6.07 Å². The predicted octanol–water partition coefficient (Wildman–Crippen LogP) is 2.53. The van der Waals surface area contributed by atoms with Gasteiger partial charge in [0.25, 0.3) is 5.69 Å². The van der Waals surface area contributed by atoms with E-state index in [-0.39, 0.29) is 11.4 Å². The molecule has 1 aliphatic heterocycles. The number of carbonyl (C=O) groups is 1. The van der Waals surface area contributed by atoms with Crippen LogP contribution in [0.2, 0.25) is 0 Å². The number of nitro benzene ring substituents is 1. The van der Waals surface area contributed by atoms with E-state index >= 15 is 0 Å². The molecule has 0 radical (unpaired) electrons. The standard InChI is InChI=1S/C21H26N4O6S/c1-15-4-7-19(25(27)28)14-20(15)24(32(3,29)30)16(2)21(26)22-17-5-8-18(9-6-17)23-10-12-31-13-11-23/h4-9,14,16H,10-13H2,1-3H3,(H,22,26). The third kappa shape index (κ3) is 5.35. The summed E-state index contributed by atoms with van der Waals surface area (Å²) >= 11 is 0. The molecule has 1 amide bonds. The first kappa shape index (κ1) is 23.5. The highest BCUT2D eigenvalue weighted by molar-refractivity contribution is 7.92. The molecule has 0 aromatic heterocycles. The van der Waals surface area contributed by atoms with Gasteiger partial charge in [-0.3, -0.25) is 19.2 Å². The van der Waals surface area contributed by atoms with Gasteiger partial charge in [0.15, 0.2) is 0 Å². The summed E-state index contributed by atoms with van der Waals surface area (Å²) in [4.78, 5) is 25.7. The van der Waals surface area contributed by atoms with Crippen molar-refractivity contribution in [1.29, 1.82) is 0 Å². The Morgan fingerprint density at radius 3 is 2.38 bits per heavy atom. The molecule has 2 aromatic carbocycles.